The minimum atomic E-state index is 0.110. The van der Waals surface area contributed by atoms with Gasteiger partial charge in [-0.3, -0.25) is 0 Å². The number of benzene rings is 1. The van der Waals surface area contributed by atoms with Crippen LogP contribution in [0, 0.1) is 5.92 Å². The first-order valence-electron chi connectivity index (χ1n) is 6.09. The van der Waals surface area contributed by atoms with Crippen LogP contribution in [0.2, 0.25) is 0 Å². The maximum Gasteiger partial charge on any atom is 0.120 e. The van der Waals surface area contributed by atoms with Gasteiger partial charge in [0.1, 0.15) is 5.75 Å². The lowest BCUT2D eigenvalue weighted by atomic mass is 10.0. The highest BCUT2D eigenvalue weighted by molar-refractivity contribution is 5.34. The number of para-hydroxylation sites is 1. The molecule has 3 heteroatoms. The number of nitrogens with one attached hydrogen (secondary N) is 1. The topological polar surface area (TPSA) is 41.5 Å². The molecular weight excluding hydrogens is 214 g/mol. The maximum atomic E-state index is 9.79. The van der Waals surface area contributed by atoms with Crippen molar-refractivity contribution in [2.75, 3.05) is 13.7 Å². The summed E-state index contributed by atoms with van der Waals surface area (Å²) in [6.45, 7) is 7.05. The SMILES string of the molecule is COCC(NC(C)c1ccccc1O)C(C)C. The third kappa shape index (κ3) is 4.02. The fourth-order valence-corrected chi connectivity index (χ4v) is 1.88. The minimum absolute atomic E-state index is 0.110. The number of ether oxygens (including phenoxy) is 1. The van der Waals surface area contributed by atoms with E-state index in [0.717, 1.165) is 5.56 Å². The van der Waals surface area contributed by atoms with Crippen LogP contribution in [0.25, 0.3) is 0 Å². The Bertz CT molecular complexity index is 339. The van der Waals surface area contributed by atoms with E-state index in [1.807, 2.05) is 18.2 Å². The van der Waals surface area contributed by atoms with Crippen LogP contribution >= 0.6 is 0 Å². The highest BCUT2D eigenvalue weighted by Gasteiger charge is 2.18. The van der Waals surface area contributed by atoms with Crippen molar-refractivity contribution in [1.29, 1.82) is 0 Å². The molecule has 0 aromatic heterocycles. The second-order valence-electron chi connectivity index (χ2n) is 4.75. The average molecular weight is 237 g/mol. The quantitative estimate of drug-likeness (QED) is 0.799. The molecule has 0 aliphatic heterocycles. The summed E-state index contributed by atoms with van der Waals surface area (Å²) in [5.74, 6) is 0.829. The van der Waals surface area contributed by atoms with Gasteiger partial charge in [0.05, 0.1) is 6.61 Å². The molecule has 3 nitrogen and oxygen atoms in total. The monoisotopic (exact) mass is 237 g/mol. The molecule has 0 radical (unpaired) electrons. The number of rotatable bonds is 6. The van der Waals surface area contributed by atoms with Crippen LogP contribution in [0.4, 0.5) is 0 Å². The number of phenolic OH excluding ortho intramolecular Hbond substituents is 1. The Morgan fingerprint density at radius 1 is 1.24 bits per heavy atom. The van der Waals surface area contributed by atoms with Crippen molar-refractivity contribution < 1.29 is 9.84 Å². The first-order valence-corrected chi connectivity index (χ1v) is 6.09. The van der Waals surface area contributed by atoms with Gasteiger partial charge in [0, 0.05) is 24.8 Å². The van der Waals surface area contributed by atoms with Gasteiger partial charge in [0.25, 0.3) is 0 Å². The van der Waals surface area contributed by atoms with Crippen molar-refractivity contribution in [1.82, 2.24) is 5.32 Å². The lowest BCUT2D eigenvalue weighted by Gasteiger charge is -2.26. The lowest BCUT2D eigenvalue weighted by Crippen LogP contribution is -2.39. The van der Waals surface area contributed by atoms with Gasteiger partial charge in [-0.15, -0.1) is 0 Å². The van der Waals surface area contributed by atoms with Crippen molar-refractivity contribution in [3.8, 4) is 5.75 Å². The van der Waals surface area contributed by atoms with Crippen LogP contribution in [-0.4, -0.2) is 24.9 Å². The second kappa shape index (κ2) is 6.62. The molecule has 2 N–H and O–H groups in total. The van der Waals surface area contributed by atoms with Gasteiger partial charge < -0.3 is 15.2 Å². The van der Waals surface area contributed by atoms with Crippen molar-refractivity contribution in [3.05, 3.63) is 29.8 Å². The minimum Gasteiger partial charge on any atom is -0.508 e. The van der Waals surface area contributed by atoms with Gasteiger partial charge in [-0.05, 0) is 18.9 Å². The Morgan fingerprint density at radius 2 is 1.88 bits per heavy atom. The first kappa shape index (κ1) is 14.0. The summed E-state index contributed by atoms with van der Waals surface area (Å²) in [5, 5.41) is 13.3. The number of methoxy groups -OCH3 is 1. The Hall–Kier alpha value is -1.06. The fraction of sp³-hybridized carbons (Fsp3) is 0.571. The van der Waals surface area contributed by atoms with E-state index in [0.29, 0.717) is 18.3 Å². The van der Waals surface area contributed by atoms with Crippen LogP contribution in [0.15, 0.2) is 24.3 Å². The third-order valence-electron chi connectivity index (χ3n) is 3.02. The van der Waals surface area contributed by atoms with Crippen LogP contribution < -0.4 is 5.32 Å². The van der Waals surface area contributed by atoms with Crippen LogP contribution in [0.5, 0.6) is 5.75 Å². The van der Waals surface area contributed by atoms with Crippen LogP contribution in [0.3, 0.4) is 0 Å². The smallest absolute Gasteiger partial charge is 0.120 e. The molecule has 96 valence electrons. The number of aromatic hydroxyl groups is 1. The van der Waals surface area contributed by atoms with Crippen molar-refractivity contribution in [2.45, 2.75) is 32.9 Å². The molecular formula is C14H23NO2. The summed E-state index contributed by atoms with van der Waals surface area (Å²) in [4.78, 5) is 0. The summed E-state index contributed by atoms with van der Waals surface area (Å²) in [5.41, 5.74) is 0.925. The Kier molecular flexibility index (Phi) is 5.45. The zero-order valence-corrected chi connectivity index (χ0v) is 11.1. The third-order valence-corrected chi connectivity index (χ3v) is 3.02. The Balaban J connectivity index is 2.70. The Labute approximate surface area is 104 Å². The summed E-state index contributed by atoms with van der Waals surface area (Å²) >= 11 is 0. The summed E-state index contributed by atoms with van der Waals surface area (Å²) in [6, 6.07) is 7.83. The van der Waals surface area contributed by atoms with Gasteiger partial charge in [0.15, 0.2) is 0 Å². The Morgan fingerprint density at radius 3 is 2.41 bits per heavy atom. The highest BCUT2D eigenvalue weighted by Crippen LogP contribution is 2.24. The van der Waals surface area contributed by atoms with Crippen molar-refractivity contribution in [2.24, 2.45) is 5.92 Å². The largest absolute Gasteiger partial charge is 0.508 e. The van der Waals surface area contributed by atoms with Crippen LogP contribution in [-0.2, 0) is 4.74 Å². The average Bonchev–Trinajstić information content (AvgIpc) is 2.28. The van der Waals surface area contributed by atoms with Gasteiger partial charge >= 0.3 is 0 Å². The predicted octanol–water partition coefficient (Wildman–Crippen LogP) is 2.71. The number of hydrogen-bond donors (Lipinski definition) is 2. The van der Waals surface area contributed by atoms with E-state index in [2.05, 4.69) is 26.1 Å². The molecule has 1 rings (SSSR count). The first-order chi connectivity index (χ1) is 8.06. The normalized spacial score (nSPS) is 14.9. The van der Waals surface area contributed by atoms with E-state index >= 15 is 0 Å². The number of hydrogen-bond acceptors (Lipinski definition) is 3. The molecule has 2 unspecified atom stereocenters. The molecule has 2 atom stereocenters. The van der Waals surface area contributed by atoms with E-state index in [9.17, 15) is 5.11 Å². The van der Waals surface area contributed by atoms with Gasteiger partial charge in [-0.2, -0.15) is 0 Å². The molecule has 1 aromatic rings. The summed E-state index contributed by atoms with van der Waals surface area (Å²) in [7, 11) is 1.71. The number of phenols is 1. The zero-order valence-electron chi connectivity index (χ0n) is 11.1. The summed E-state index contributed by atoms with van der Waals surface area (Å²) in [6.07, 6.45) is 0. The van der Waals surface area contributed by atoms with E-state index in [1.165, 1.54) is 0 Å². The molecule has 0 amide bonds. The van der Waals surface area contributed by atoms with E-state index < -0.39 is 0 Å². The molecule has 0 spiro atoms. The van der Waals surface area contributed by atoms with Gasteiger partial charge in [-0.25, -0.2) is 0 Å². The summed E-state index contributed by atoms with van der Waals surface area (Å²) < 4.78 is 5.21. The van der Waals surface area contributed by atoms with Gasteiger partial charge in [-0.1, -0.05) is 32.0 Å². The molecule has 0 fully saturated rings. The van der Waals surface area contributed by atoms with Crippen molar-refractivity contribution >= 4 is 0 Å². The molecule has 0 saturated carbocycles. The molecule has 0 aliphatic rings. The highest BCUT2D eigenvalue weighted by atomic mass is 16.5. The van der Waals surface area contributed by atoms with E-state index in [-0.39, 0.29) is 12.1 Å². The predicted molar refractivity (Wildman–Crippen MR) is 70.2 cm³/mol. The molecule has 1 aromatic carbocycles. The standard InChI is InChI=1S/C14H23NO2/c1-10(2)13(9-17-4)15-11(3)12-7-5-6-8-14(12)16/h5-8,10-11,13,15-16H,9H2,1-4H3. The van der Waals surface area contributed by atoms with Gasteiger partial charge in [0.2, 0.25) is 0 Å². The van der Waals surface area contributed by atoms with Crippen molar-refractivity contribution in [3.63, 3.8) is 0 Å². The maximum absolute atomic E-state index is 9.79. The van der Waals surface area contributed by atoms with E-state index in [1.54, 1.807) is 13.2 Å². The molecule has 0 saturated heterocycles. The lowest BCUT2D eigenvalue weighted by molar-refractivity contribution is 0.141. The zero-order chi connectivity index (χ0) is 12.8. The van der Waals surface area contributed by atoms with E-state index in [4.69, 9.17) is 4.74 Å². The fourth-order valence-electron chi connectivity index (χ4n) is 1.88. The van der Waals surface area contributed by atoms with Crippen LogP contribution in [0.1, 0.15) is 32.4 Å². The second-order valence-corrected chi connectivity index (χ2v) is 4.75. The molecule has 0 aliphatic carbocycles. The molecule has 0 heterocycles. The molecule has 17 heavy (non-hydrogen) atoms. The molecule has 0 bridgehead atoms.